The summed E-state index contributed by atoms with van der Waals surface area (Å²) in [5.74, 6) is 0. The van der Waals surface area contributed by atoms with Crippen molar-refractivity contribution in [3.63, 3.8) is 0 Å². The first-order valence-electron chi connectivity index (χ1n) is 5.76. The number of benzene rings is 2. The normalized spacial score (nSPS) is 11.0. The Labute approximate surface area is 103 Å². The zero-order chi connectivity index (χ0) is 11.1. The molecule has 1 nitrogen and oxygen atoms in total. The monoisotopic (exact) mass is 225 g/mol. The molecule has 1 aromatic heterocycles. The van der Waals surface area contributed by atoms with Gasteiger partial charge in [-0.3, -0.25) is 0 Å². The van der Waals surface area contributed by atoms with Crippen LogP contribution in [-0.2, 0) is 0 Å². The van der Waals surface area contributed by atoms with Gasteiger partial charge in [0.1, 0.15) is 0 Å². The lowest BCUT2D eigenvalue weighted by molar-refractivity contribution is 0.642. The summed E-state index contributed by atoms with van der Waals surface area (Å²) in [4.78, 5) is 0. The van der Waals surface area contributed by atoms with Gasteiger partial charge in [-0.1, -0.05) is 43.8 Å². The smallest absolute Gasteiger partial charge is 0.0493 e. The molecule has 0 spiro atoms. The molecule has 2 aromatic carbocycles. The van der Waals surface area contributed by atoms with Crippen molar-refractivity contribution >= 4 is 21.8 Å². The van der Waals surface area contributed by atoms with E-state index in [1.807, 2.05) is 0 Å². The molecule has 0 amide bonds. The van der Waals surface area contributed by atoms with Crippen LogP contribution < -0.4 is 0 Å². The van der Waals surface area contributed by atoms with Gasteiger partial charge in [0.15, 0.2) is 0 Å². The van der Waals surface area contributed by atoms with E-state index >= 15 is 0 Å². The number of hydrogen-bond acceptors (Lipinski definition) is 0. The summed E-state index contributed by atoms with van der Waals surface area (Å²) in [7, 11) is 0. The second-order valence-corrected chi connectivity index (χ2v) is 4.50. The van der Waals surface area contributed by atoms with E-state index in [1.54, 1.807) is 0 Å². The molecular weight excluding hydrogens is 206 g/mol. The predicted octanol–water partition coefficient (Wildman–Crippen LogP) is 5.01. The fourth-order valence-electron chi connectivity index (χ4n) is 2.51. The van der Waals surface area contributed by atoms with Gasteiger partial charge >= 0.3 is 0 Å². The van der Waals surface area contributed by atoms with Gasteiger partial charge in [0.2, 0.25) is 0 Å². The van der Waals surface area contributed by atoms with Gasteiger partial charge in [0.05, 0.1) is 0 Å². The Hall–Kier alpha value is -1.76. The fraction of sp³-hybridized carbons (Fsp3) is 0.250. The van der Waals surface area contributed by atoms with E-state index in [0.717, 1.165) is 0 Å². The Balaban J connectivity index is 0.00000108. The Kier molecular flexibility index (Phi) is 2.93. The van der Waals surface area contributed by atoms with Gasteiger partial charge in [-0.2, -0.15) is 0 Å². The number of rotatable bonds is 1. The van der Waals surface area contributed by atoms with Crippen LogP contribution in [0.4, 0.5) is 0 Å². The van der Waals surface area contributed by atoms with Gasteiger partial charge in [-0.25, -0.2) is 0 Å². The van der Waals surface area contributed by atoms with Gasteiger partial charge in [0, 0.05) is 27.8 Å². The van der Waals surface area contributed by atoms with Crippen LogP contribution in [0.25, 0.3) is 21.8 Å². The summed E-state index contributed by atoms with van der Waals surface area (Å²) in [6.45, 7) is 4.47. The van der Waals surface area contributed by atoms with Crippen LogP contribution >= 0.6 is 0 Å². The molecule has 0 aliphatic rings. The van der Waals surface area contributed by atoms with Crippen LogP contribution in [0.1, 0.15) is 27.3 Å². The zero-order valence-electron chi connectivity index (χ0n) is 9.64. The number of nitrogens with zero attached hydrogens (tertiary/aromatic N) is 1. The van der Waals surface area contributed by atoms with Crippen molar-refractivity contribution in [2.45, 2.75) is 27.3 Å². The molecule has 0 unspecified atom stereocenters. The minimum atomic E-state index is 0. The van der Waals surface area contributed by atoms with Gasteiger partial charge in [-0.05, 0) is 26.0 Å². The maximum Gasteiger partial charge on any atom is 0.0493 e. The number of fused-ring (bicyclic) bond motifs is 3. The number of aromatic nitrogens is 1. The highest BCUT2D eigenvalue weighted by Crippen LogP contribution is 2.31. The molecule has 1 heterocycles. The molecule has 17 heavy (non-hydrogen) atoms. The van der Waals surface area contributed by atoms with Gasteiger partial charge in [0.25, 0.3) is 0 Å². The molecule has 3 rings (SSSR count). The third-order valence-electron chi connectivity index (χ3n) is 3.13. The van der Waals surface area contributed by atoms with E-state index in [2.05, 4.69) is 66.9 Å². The van der Waals surface area contributed by atoms with E-state index in [4.69, 9.17) is 0 Å². The third-order valence-corrected chi connectivity index (χ3v) is 3.13. The van der Waals surface area contributed by atoms with Crippen LogP contribution in [-0.4, -0.2) is 4.57 Å². The first-order valence-corrected chi connectivity index (χ1v) is 5.76. The summed E-state index contributed by atoms with van der Waals surface area (Å²) in [5, 5.41) is 2.71. The van der Waals surface area contributed by atoms with Crippen molar-refractivity contribution in [2.75, 3.05) is 0 Å². The van der Waals surface area contributed by atoms with Crippen LogP contribution in [0.5, 0.6) is 0 Å². The second-order valence-electron chi connectivity index (χ2n) is 4.50. The summed E-state index contributed by atoms with van der Waals surface area (Å²) in [6.07, 6.45) is 0. The molecule has 0 saturated heterocycles. The summed E-state index contributed by atoms with van der Waals surface area (Å²) in [6, 6.07) is 17.8. The largest absolute Gasteiger partial charge is 0.338 e. The molecule has 0 radical (unpaired) electrons. The number of para-hydroxylation sites is 2. The molecule has 0 fully saturated rings. The summed E-state index contributed by atoms with van der Waals surface area (Å²) < 4.78 is 2.41. The van der Waals surface area contributed by atoms with Gasteiger partial charge < -0.3 is 4.57 Å². The van der Waals surface area contributed by atoms with E-state index in [0.29, 0.717) is 6.04 Å². The topological polar surface area (TPSA) is 4.93 Å². The van der Waals surface area contributed by atoms with Crippen molar-refractivity contribution < 1.29 is 0 Å². The molecule has 0 aliphatic carbocycles. The lowest BCUT2D eigenvalue weighted by Crippen LogP contribution is -1.99. The Bertz CT molecular complexity index is 593. The maximum atomic E-state index is 2.41. The van der Waals surface area contributed by atoms with E-state index in [-0.39, 0.29) is 7.43 Å². The predicted molar refractivity (Wildman–Crippen MR) is 76.6 cm³/mol. The lowest BCUT2D eigenvalue weighted by Gasteiger charge is -2.10. The Morgan fingerprint density at radius 3 is 1.59 bits per heavy atom. The Morgan fingerprint density at radius 1 is 0.765 bits per heavy atom. The maximum absolute atomic E-state index is 2.41. The molecule has 88 valence electrons. The van der Waals surface area contributed by atoms with Crippen LogP contribution in [0, 0.1) is 0 Å². The molecule has 3 aromatic rings. The molecule has 0 saturated carbocycles. The van der Waals surface area contributed by atoms with Crippen LogP contribution in [0.3, 0.4) is 0 Å². The van der Waals surface area contributed by atoms with E-state index < -0.39 is 0 Å². The number of hydrogen-bond donors (Lipinski definition) is 0. The average Bonchev–Trinajstić information content (AvgIpc) is 2.63. The second kappa shape index (κ2) is 4.25. The average molecular weight is 225 g/mol. The quantitative estimate of drug-likeness (QED) is 0.548. The lowest BCUT2D eigenvalue weighted by atomic mass is 10.2. The van der Waals surface area contributed by atoms with E-state index in [1.165, 1.54) is 21.8 Å². The van der Waals surface area contributed by atoms with Crippen molar-refractivity contribution in [1.82, 2.24) is 4.57 Å². The van der Waals surface area contributed by atoms with E-state index in [9.17, 15) is 0 Å². The van der Waals surface area contributed by atoms with Crippen LogP contribution in [0.2, 0.25) is 0 Å². The van der Waals surface area contributed by atoms with Crippen molar-refractivity contribution in [2.24, 2.45) is 0 Å². The van der Waals surface area contributed by atoms with Crippen molar-refractivity contribution in [1.29, 1.82) is 0 Å². The molecule has 0 N–H and O–H groups in total. The molecule has 0 bridgehead atoms. The highest BCUT2D eigenvalue weighted by Gasteiger charge is 2.10. The minimum absolute atomic E-state index is 0. The standard InChI is InChI=1S/C15H15N.CH4/c1-11(2)16-14-9-5-3-7-12(14)13-8-4-6-10-15(13)16;/h3-11H,1-2H3;1H4. The van der Waals surface area contributed by atoms with Crippen molar-refractivity contribution in [3.8, 4) is 0 Å². The highest BCUT2D eigenvalue weighted by atomic mass is 15.0. The molecule has 0 aliphatic heterocycles. The molecule has 1 heteroatoms. The zero-order valence-corrected chi connectivity index (χ0v) is 9.64. The highest BCUT2D eigenvalue weighted by molar-refractivity contribution is 6.08. The van der Waals surface area contributed by atoms with Gasteiger partial charge in [-0.15, -0.1) is 0 Å². The minimum Gasteiger partial charge on any atom is -0.338 e. The van der Waals surface area contributed by atoms with Crippen LogP contribution in [0.15, 0.2) is 48.5 Å². The first-order chi connectivity index (χ1) is 7.79. The summed E-state index contributed by atoms with van der Waals surface area (Å²) in [5.41, 5.74) is 2.66. The summed E-state index contributed by atoms with van der Waals surface area (Å²) >= 11 is 0. The van der Waals surface area contributed by atoms with Crippen molar-refractivity contribution in [3.05, 3.63) is 48.5 Å². The molecular formula is C16H19N. The first kappa shape index (κ1) is 11.7. The SMILES string of the molecule is C.CC(C)n1c2ccccc2c2ccccc21. The molecule has 0 atom stereocenters. The fourth-order valence-corrected chi connectivity index (χ4v) is 2.51. The third kappa shape index (κ3) is 1.62. The Morgan fingerprint density at radius 2 is 1.18 bits per heavy atom.